The van der Waals surface area contributed by atoms with E-state index in [-0.39, 0.29) is 12.1 Å². The van der Waals surface area contributed by atoms with Crippen molar-refractivity contribution in [2.24, 2.45) is 0 Å². The van der Waals surface area contributed by atoms with Gasteiger partial charge in [-0.15, -0.1) is 0 Å². The highest BCUT2D eigenvalue weighted by Crippen LogP contribution is 2.31. The third kappa shape index (κ3) is 2.82. The monoisotopic (exact) mass is 295 g/mol. The number of rotatable bonds is 2. The van der Waals surface area contributed by atoms with Crippen LogP contribution in [0.15, 0.2) is 18.2 Å². The van der Waals surface area contributed by atoms with Crippen LogP contribution in [0.2, 0.25) is 5.02 Å². The summed E-state index contributed by atoms with van der Waals surface area (Å²) in [4.78, 5) is 36.6. The quantitative estimate of drug-likeness (QED) is 0.620. The third-order valence-electron chi connectivity index (χ3n) is 2.64. The first kappa shape index (κ1) is 14.5. The molecule has 0 aliphatic carbocycles. The van der Waals surface area contributed by atoms with Crippen molar-refractivity contribution in [2.75, 3.05) is 11.4 Å². The molecule has 1 amide bonds. The number of carbonyl (C=O) groups excluding carboxylic acids is 3. The van der Waals surface area contributed by atoms with Gasteiger partial charge in [0.2, 0.25) is 0 Å². The molecule has 0 atom stereocenters. The highest BCUT2D eigenvalue weighted by Gasteiger charge is 2.37. The average Bonchev–Trinajstić information content (AvgIpc) is 2.52. The second-order valence-corrected chi connectivity index (χ2v) is 5.90. The lowest BCUT2D eigenvalue weighted by Gasteiger charge is -2.22. The molecule has 0 radical (unpaired) electrons. The molecular formula is C14H14ClNO4. The van der Waals surface area contributed by atoms with Crippen molar-refractivity contribution in [3.05, 3.63) is 28.8 Å². The van der Waals surface area contributed by atoms with Crippen molar-refractivity contribution in [3.8, 4) is 0 Å². The molecule has 0 saturated carbocycles. The van der Waals surface area contributed by atoms with E-state index in [0.29, 0.717) is 10.7 Å². The maximum atomic E-state index is 11.9. The predicted octanol–water partition coefficient (Wildman–Crippen LogP) is 2.21. The van der Waals surface area contributed by atoms with Crippen LogP contribution in [0.5, 0.6) is 0 Å². The minimum Gasteiger partial charge on any atom is -0.459 e. The molecule has 106 valence electrons. The molecule has 0 unspecified atom stereocenters. The van der Waals surface area contributed by atoms with E-state index < -0.39 is 23.3 Å². The fourth-order valence-corrected chi connectivity index (χ4v) is 2.09. The largest absolute Gasteiger partial charge is 0.459 e. The van der Waals surface area contributed by atoms with Crippen LogP contribution < -0.4 is 4.90 Å². The van der Waals surface area contributed by atoms with E-state index in [2.05, 4.69) is 0 Å². The van der Waals surface area contributed by atoms with Gasteiger partial charge >= 0.3 is 5.97 Å². The lowest BCUT2D eigenvalue weighted by molar-refractivity contribution is -0.153. The van der Waals surface area contributed by atoms with E-state index in [9.17, 15) is 14.4 Å². The number of benzene rings is 1. The van der Waals surface area contributed by atoms with E-state index in [1.807, 2.05) is 0 Å². The maximum absolute atomic E-state index is 11.9. The van der Waals surface area contributed by atoms with Gasteiger partial charge in [0.15, 0.2) is 0 Å². The van der Waals surface area contributed by atoms with Crippen molar-refractivity contribution in [2.45, 2.75) is 26.4 Å². The van der Waals surface area contributed by atoms with Crippen molar-refractivity contribution < 1.29 is 19.1 Å². The molecule has 20 heavy (non-hydrogen) atoms. The molecule has 5 nitrogen and oxygen atoms in total. The second-order valence-electron chi connectivity index (χ2n) is 5.47. The first-order valence-electron chi connectivity index (χ1n) is 6.06. The summed E-state index contributed by atoms with van der Waals surface area (Å²) in [5, 5.41) is 0.389. The Hall–Kier alpha value is -1.88. The van der Waals surface area contributed by atoms with Gasteiger partial charge in [0, 0.05) is 5.02 Å². The summed E-state index contributed by atoms with van der Waals surface area (Å²) in [5.41, 5.74) is -0.0533. The standard InChI is InChI=1S/C14H14ClNO4/c1-14(2,3)20-11(17)7-16-10-6-8(15)4-5-9(10)12(18)13(16)19/h4-6H,7H2,1-3H3. The van der Waals surface area contributed by atoms with E-state index in [1.54, 1.807) is 20.8 Å². The Morgan fingerprint density at radius 2 is 1.95 bits per heavy atom. The highest BCUT2D eigenvalue weighted by molar-refractivity contribution is 6.52. The van der Waals surface area contributed by atoms with Crippen LogP contribution in [0.25, 0.3) is 0 Å². The van der Waals surface area contributed by atoms with Gasteiger partial charge in [-0.2, -0.15) is 0 Å². The summed E-state index contributed by atoms with van der Waals surface area (Å²) in [7, 11) is 0. The zero-order chi connectivity index (χ0) is 15.1. The third-order valence-corrected chi connectivity index (χ3v) is 2.88. The van der Waals surface area contributed by atoms with Gasteiger partial charge in [0.1, 0.15) is 12.1 Å². The molecule has 0 N–H and O–H groups in total. The average molecular weight is 296 g/mol. The maximum Gasteiger partial charge on any atom is 0.326 e. The zero-order valence-electron chi connectivity index (χ0n) is 11.4. The Bertz CT molecular complexity index is 604. The van der Waals surface area contributed by atoms with Gasteiger partial charge in [0.05, 0.1) is 11.3 Å². The summed E-state index contributed by atoms with van der Waals surface area (Å²) < 4.78 is 5.15. The summed E-state index contributed by atoms with van der Waals surface area (Å²) in [6.07, 6.45) is 0. The fourth-order valence-electron chi connectivity index (χ4n) is 1.93. The number of esters is 1. The van der Waals surface area contributed by atoms with Crippen molar-refractivity contribution in [1.82, 2.24) is 0 Å². The van der Waals surface area contributed by atoms with Crippen molar-refractivity contribution >= 4 is 34.9 Å². The Kier molecular flexibility index (Phi) is 3.56. The van der Waals surface area contributed by atoms with Gasteiger partial charge in [-0.3, -0.25) is 19.3 Å². The molecule has 2 rings (SSSR count). The van der Waals surface area contributed by atoms with Gasteiger partial charge in [-0.25, -0.2) is 0 Å². The number of carbonyl (C=O) groups is 3. The number of Topliss-reactive ketones (excluding diaryl/α,β-unsaturated/α-hetero) is 1. The van der Waals surface area contributed by atoms with E-state index >= 15 is 0 Å². The number of ether oxygens (including phenoxy) is 1. The molecular weight excluding hydrogens is 282 g/mol. The lowest BCUT2D eigenvalue weighted by Crippen LogP contribution is -2.38. The molecule has 0 saturated heterocycles. The number of fused-ring (bicyclic) bond motifs is 1. The van der Waals surface area contributed by atoms with Gasteiger partial charge < -0.3 is 4.74 Å². The molecule has 1 aliphatic rings. The second kappa shape index (κ2) is 4.90. The highest BCUT2D eigenvalue weighted by atomic mass is 35.5. The number of halogens is 1. The molecule has 0 aromatic heterocycles. The van der Waals surface area contributed by atoms with Crippen molar-refractivity contribution in [3.63, 3.8) is 0 Å². The van der Waals surface area contributed by atoms with E-state index in [4.69, 9.17) is 16.3 Å². The number of ketones is 1. The topological polar surface area (TPSA) is 63.7 Å². The molecule has 1 aliphatic heterocycles. The summed E-state index contributed by atoms with van der Waals surface area (Å²) in [6, 6.07) is 4.50. The summed E-state index contributed by atoms with van der Waals surface area (Å²) in [5.74, 6) is -1.96. The number of amides is 1. The first-order chi connectivity index (χ1) is 9.19. The van der Waals surface area contributed by atoms with Crippen LogP contribution in [0.1, 0.15) is 31.1 Å². The fraction of sp³-hybridized carbons (Fsp3) is 0.357. The molecule has 1 aromatic carbocycles. The van der Waals surface area contributed by atoms with Gasteiger partial charge in [0.25, 0.3) is 11.7 Å². The Balaban J connectivity index is 2.26. The molecule has 0 spiro atoms. The first-order valence-corrected chi connectivity index (χ1v) is 6.44. The number of anilines is 1. The number of nitrogens with zero attached hydrogens (tertiary/aromatic N) is 1. The van der Waals surface area contributed by atoms with Crippen LogP contribution in [-0.2, 0) is 14.3 Å². The number of hydrogen-bond donors (Lipinski definition) is 0. The number of hydrogen-bond acceptors (Lipinski definition) is 4. The van der Waals surface area contributed by atoms with Crippen LogP contribution in [0.4, 0.5) is 5.69 Å². The molecule has 1 heterocycles. The van der Waals surface area contributed by atoms with E-state index in [0.717, 1.165) is 4.90 Å². The van der Waals surface area contributed by atoms with Crippen LogP contribution in [-0.4, -0.2) is 29.8 Å². The minimum atomic E-state index is -0.742. The minimum absolute atomic E-state index is 0.253. The van der Waals surface area contributed by atoms with Crippen LogP contribution in [0, 0.1) is 0 Å². The Morgan fingerprint density at radius 1 is 1.30 bits per heavy atom. The smallest absolute Gasteiger partial charge is 0.326 e. The Labute approximate surface area is 121 Å². The summed E-state index contributed by atoms with van der Waals surface area (Å²) in [6.45, 7) is 4.88. The molecule has 1 aromatic rings. The molecule has 0 fully saturated rings. The molecule has 6 heteroatoms. The van der Waals surface area contributed by atoms with E-state index in [1.165, 1.54) is 18.2 Å². The van der Waals surface area contributed by atoms with Crippen LogP contribution >= 0.6 is 11.6 Å². The molecule has 0 bridgehead atoms. The van der Waals surface area contributed by atoms with Gasteiger partial charge in [-0.1, -0.05) is 11.6 Å². The predicted molar refractivity (Wildman–Crippen MR) is 74.0 cm³/mol. The zero-order valence-corrected chi connectivity index (χ0v) is 12.2. The SMILES string of the molecule is CC(C)(C)OC(=O)CN1C(=O)C(=O)c2ccc(Cl)cc21. The lowest BCUT2D eigenvalue weighted by atomic mass is 10.1. The van der Waals surface area contributed by atoms with Crippen LogP contribution in [0.3, 0.4) is 0 Å². The normalized spacial score (nSPS) is 14.5. The van der Waals surface area contributed by atoms with Gasteiger partial charge in [-0.05, 0) is 39.0 Å². The van der Waals surface area contributed by atoms with Crippen molar-refractivity contribution in [1.29, 1.82) is 0 Å². The Morgan fingerprint density at radius 3 is 2.55 bits per heavy atom. The summed E-state index contributed by atoms with van der Waals surface area (Å²) >= 11 is 5.86.